The number of carbonyl (C=O) groups excluding carboxylic acids is 1. The Kier molecular flexibility index (Phi) is 5.59. The van der Waals surface area contributed by atoms with E-state index in [1.54, 1.807) is 18.8 Å². The molecule has 0 spiro atoms. The maximum Gasteiger partial charge on any atom is 0.416 e. The van der Waals surface area contributed by atoms with Gasteiger partial charge in [-0.2, -0.15) is 0 Å². The summed E-state index contributed by atoms with van der Waals surface area (Å²) in [5, 5.41) is 7.85. The van der Waals surface area contributed by atoms with E-state index in [0.29, 0.717) is 5.82 Å². The molecule has 0 aliphatic rings. The number of anilines is 1. The predicted molar refractivity (Wildman–Crippen MR) is 73.0 cm³/mol. The van der Waals surface area contributed by atoms with E-state index in [1.165, 1.54) is 4.90 Å². The van der Waals surface area contributed by atoms with Crippen molar-refractivity contribution in [2.24, 2.45) is 0 Å². The van der Waals surface area contributed by atoms with Gasteiger partial charge >= 0.3 is 6.09 Å². The highest BCUT2D eigenvalue weighted by molar-refractivity contribution is 5.70. The minimum absolute atomic E-state index is 0.0795. The lowest BCUT2D eigenvalue weighted by atomic mass is 10.1. The highest BCUT2D eigenvalue weighted by Crippen LogP contribution is 2.26. The Bertz CT molecular complexity index is 410. The molecule has 0 aliphatic carbocycles. The van der Waals surface area contributed by atoms with Gasteiger partial charge in [0, 0.05) is 14.1 Å². The summed E-state index contributed by atoms with van der Waals surface area (Å²) in [5.74, 6) is 0.387. The van der Waals surface area contributed by atoms with E-state index < -0.39 is 6.09 Å². The number of hydrogen-bond acceptors (Lipinski definition) is 5. The van der Waals surface area contributed by atoms with Crippen LogP contribution in [-0.2, 0) is 0 Å². The lowest BCUT2D eigenvalue weighted by molar-refractivity contribution is 0.170. The van der Waals surface area contributed by atoms with E-state index in [0.717, 1.165) is 25.7 Å². The normalized spacial score (nSPS) is 10.8. The van der Waals surface area contributed by atoms with Gasteiger partial charge < -0.3 is 15.4 Å². The molecule has 0 fully saturated rings. The van der Waals surface area contributed by atoms with Gasteiger partial charge in [0.15, 0.2) is 5.82 Å². The van der Waals surface area contributed by atoms with Crippen LogP contribution in [0.2, 0.25) is 0 Å². The zero-order valence-corrected chi connectivity index (χ0v) is 12.1. The number of carbonyl (C=O) groups is 1. The molecule has 0 saturated heterocycles. The molecule has 0 bridgehead atoms. The van der Waals surface area contributed by atoms with Gasteiger partial charge in [-0.15, -0.1) is 0 Å². The van der Waals surface area contributed by atoms with Crippen molar-refractivity contribution in [3.63, 3.8) is 0 Å². The first-order valence-corrected chi connectivity index (χ1v) is 6.61. The molecule has 7 nitrogen and oxygen atoms in total. The van der Waals surface area contributed by atoms with E-state index in [-0.39, 0.29) is 11.9 Å². The fourth-order valence-electron chi connectivity index (χ4n) is 1.86. The first-order valence-electron chi connectivity index (χ1n) is 6.61. The van der Waals surface area contributed by atoms with Crippen LogP contribution in [0.3, 0.4) is 0 Å². The van der Waals surface area contributed by atoms with Crippen LogP contribution in [0.25, 0.3) is 0 Å². The van der Waals surface area contributed by atoms with Crippen LogP contribution < -0.4 is 10.5 Å². The van der Waals surface area contributed by atoms with Crippen molar-refractivity contribution in [3.8, 4) is 5.88 Å². The maximum absolute atomic E-state index is 11.5. The van der Waals surface area contributed by atoms with E-state index in [4.69, 9.17) is 10.5 Å². The van der Waals surface area contributed by atoms with E-state index in [1.807, 2.05) is 0 Å². The number of rotatable bonds is 6. The van der Waals surface area contributed by atoms with Crippen molar-refractivity contribution < 1.29 is 9.53 Å². The Morgan fingerprint density at radius 1 is 1.37 bits per heavy atom. The largest absolute Gasteiger partial charge is 0.416 e. The molecular weight excluding hydrogens is 246 g/mol. The van der Waals surface area contributed by atoms with Gasteiger partial charge in [0.1, 0.15) is 0 Å². The quantitative estimate of drug-likeness (QED) is 0.854. The van der Waals surface area contributed by atoms with Crippen LogP contribution in [0.4, 0.5) is 10.6 Å². The summed E-state index contributed by atoms with van der Waals surface area (Å²) >= 11 is 0. The van der Waals surface area contributed by atoms with Crippen LogP contribution in [0.1, 0.15) is 45.6 Å². The first-order chi connectivity index (χ1) is 9.01. The Morgan fingerprint density at radius 2 is 1.95 bits per heavy atom. The highest BCUT2D eigenvalue weighted by atomic mass is 16.6. The van der Waals surface area contributed by atoms with Crippen molar-refractivity contribution in [3.05, 3.63) is 0 Å². The third kappa shape index (κ3) is 3.84. The van der Waals surface area contributed by atoms with Crippen molar-refractivity contribution in [1.82, 2.24) is 19.9 Å². The summed E-state index contributed by atoms with van der Waals surface area (Å²) in [4.78, 5) is 12.8. The Balaban J connectivity index is 2.86. The molecule has 0 atom stereocenters. The molecule has 0 saturated carbocycles. The van der Waals surface area contributed by atoms with E-state index in [2.05, 4.69) is 24.2 Å². The minimum atomic E-state index is -0.513. The number of ether oxygens (including phenoxy) is 1. The van der Waals surface area contributed by atoms with Crippen LogP contribution in [0, 0.1) is 0 Å². The number of nitrogens with zero attached hydrogens (tertiary/aromatic N) is 4. The molecule has 0 aliphatic heterocycles. The van der Waals surface area contributed by atoms with Crippen molar-refractivity contribution >= 4 is 11.9 Å². The van der Waals surface area contributed by atoms with Gasteiger partial charge in [-0.25, -0.2) is 9.48 Å². The molecule has 1 aromatic heterocycles. The zero-order valence-electron chi connectivity index (χ0n) is 12.1. The van der Waals surface area contributed by atoms with Crippen LogP contribution in [0.15, 0.2) is 0 Å². The molecule has 19 heavy (non-hydrogen) atoms. The predicted octanol–water partition coefficient (Wildman–Crippen LogP) is 2.06. The number of nitrogen functional groups attached to an aromatic ring is 1. The molecule has 1 aromatic rings. The topological polar surface area (TPSA) is 86.3 Å². The van der Waals surface area contributed by atoms with Crippen LogP contribution >= 0.6 is 0 Å². The molecule has 1 amide bonds. The van der Waals surface area contributed by atoms with Crippen molar-refractivity contribution in [2.45, 2.75) is 45.6 Å². The molecule has 2 N–H and O–H groups in total. The summed E-state index contributed by atoms with van der Waals surface area (Å²) in [6, 6.07) is 0.203. The average molecular weight is 269 g/mol. The Hall–Kier alpha value is -1.79. The number of amides is 1. The molecule has 7 heteroatoms. The van der Waals surface area contributed by atoms with Gasteiger partial charge in [0.2, 0.25) is 0 Å². The lowest BCUT2D eigenvalue weighted by Crippen LogP contribution is -2.25. The second-order valence-electron chi connectivity index (χ2n) is 4.72. The van der Waals surface area contributed by atoms with Gasteiger partial charge in [-0.1, -0.05) is 37.0 Å². The SMILES string of the molecule is CCCC(CCC)n1nnc(OC(=O)N(C)C)c1N. The summed E-state index contributed by atoms with van der Waals surface area (Å²) in [7, 11) is 3.19. The smallest absolute Gasteiger partial charge is 0.385 e. The number of hydrogen-bond donors (Lipinski definition) is 1. The molecule has 0 aromatic carbocycles. The molecule has 1 rings (SSSR count). The van der Waals surface area contributed by atoms with Gasteiger partial charge in [-0.05, 0) is 12.8 Å². The van der Waals surface area contributed by atoms with E-state index >= 15 is 0 Å². The molecular formula is C12H23N5O2. The van der Waals surface area contributed by atoms with Crippen molar-refractivity contribution in [1.29, 1.82) is 0 Å². The number of aromatic nitrogens is 3. The zero-order chi connectivity index (χ0) is 14.4. The maximum atomic E-state index is 11.5. The summed E-state index contributed by atoms with van der Waals surface area (Å²) in [6.45, 7) is 4.23. The van der Waals surface area contributed by atoms with Crippen molar-refractivity contribution in [2.75, 3.05) is 19.8 Å². The van der Waals surface area contributed by atoms with Crippen LogP contribution in [-0.4, -0.2) is 40.1 Å². The average Bonchev–Trinajstić information content (AvgIpc) is 2.71. The Labute approximate surface area is 113 Å². The first kappa shape index (κ1) is 15.3. The number of nitrogens with two attached hydrogens (primary N) is 1. The third-order valence-electron chi connectivity index (χ3n) is 2.84. The van der Waals surface area contributed by atoms with Gasteiger partial charge in [0.25, 0.3) is 5.88 Å². The molecule has 0 unspecified atom stereocenters. The van der Waals surface area contributed by atoms with Gasteiger partial charge in [-0.3, -0.25) is 0 Å². The molecule has 108 valence electrons. The minimum Gasteiger partial charge on any atom is -0.385 e. The van der Waals surface area contributed by atoms with Crippen LogP contribution in [0.5, 0.6) is 5.88 Å². The highest BCUT2D eigenvalue weighted by Gasteiger charge is 2.20. The second kappa shape index (κ2) is 6.96. The third-order valence-corrected chi connectivity index (χ3v) is 2.84. The monoisotopic (exact) mass is 269 g/mol. The molecule has 0 radical (unpaired) electrons. The summed E-state index contributed by atoms with van der Waals surface area (Å²) < 4.78 is 6.72. The molecule has 1 heterocycles. The van der Waals surface area contributed by atoms with Gasteiger partial charge in [0.05, 0.1) is 6.04 Å². The lowest BCUT2D eigenvalue weighted by Gasteiger charge is -2.16. The summed E-state index contributed by atoms with van der Waals surface area (Å²) in [5.41, 5.74) is 5.96. The second-order valence-corrected chi connectivity index (χ2v) is 4.72. The van der Waals surface area contributed by atoms with E-state index in [9.17, 15) is 4.79 Å². The summed E-state index contributed by atoms with van der Waals surface area (Å²) in [6.07, 6.45) is 3.51. The Morgan fingerprint density at radius 3 is 2.42 bits per heavy atom. The fourth-order valence-corrected chi connectivity index (χ4v) is 1.86. The standard InChI is InChI=1S/C12H23N5O2/c1-5-7-9(8-6-2)17-10(13)11(14-15-17)19-12(18)16(3)4/h9H,5-8,13H2,1-4H3. The fraction of sp³-hybridized carbons (Fsp3) is 0.750.